The first-order valence-electron chi connectivity index (χ1n) is 7.22. The zero-order valence-electron chi connectivity index (χ0n) is 11.8. The second-order valence-electron chi connectivity index (χ2n) is 5.95. The summed E-state index contributed by atoms with van der Waals surface area (Å²) in [5.74, 6) is 1.62. The van der Waals surface area contributed by atoms with Crippen LogP contribution in [0.25, 0.3) is 0 Å². The molecule has 1 aromatic rings. The molecule has 0 amide bonds. The number of rotatable bonds is 5. The molecule has 19 heavy (non-hydrogen) atoms. The van der Waals surface area contributed by atoms with Gasteiger partial charge in [0, 0.05) is 17.6 Å². The Morgan fingerprint density at radius 1 is 1.32 bits per heavy atom. The Hall–Kier alpha value is -0.380. The van der Waals surface area contributed by atoms with E-state index >= 15 is 0 Å². The van der Waals surface area contributed by atoms with E-state index in [9.17, 15) is 5.11 Å². The number of hydrogen-bond donors (Lipinski definition) is 1. The van der Waals surface area contributed by atoms with E-state index in [4.69, 9.17) is 0 Å². The zero-order valence-corrected chi connectivity index (χ0v) is 13.4. The molecule has 1 N–H and O–H groups in total. The summed E-state index contributed by atoms with van der Waals surface area (Å²) in [6.45, 7) is 8.01. The van der Waals surface area contributed by atoms with E-state index in [1.165, 1.54) is 19.5 Å². The lowest BCUT2D eigenvalue weighted by Crippen LogP contribution is -2.24. The molecule has 1 aliphatic heterocycles. The van der Waals surface area contributed by atoms with Gasteiger partial charge in [-0.2, -0.15) is 0 Å². The molecule has 0 bridgehead atoms. The van der Waals surface area contributed by atoms with Crippen molar-refractivity contribution in [2.75, 3.05) is 19.6 Å². The molecule has 106 valence electrons. The van der Waals surface area contributed by atoms with E-state index in [1.807, 2.05) is 24.3 Å². The van der Waals surface area contributed by atoms with Gasteiger partial charge in [0.1, 0.15) is 0 Å². The van der Waals surface area contributed by atoms with Crippen LogP contribution in [-0.2, 0) is 0 Å². The Morgan fingerprint density at radius 3 is 2.58 bits per heavy atom. The molecule has 0 aliphatic carbocycles. The molecular formula is C16H24BrNO. The highest BCUT2D eigenvalue weighted by atomic mass is 79.9. The molecule has 1 heterocycles. The summed E-state index contributed by atoms with van der Waals surface area (Å²) < 4.78 is 1.06. The Bertz CT molecular complexity index is 390. The highest BCUT2D eigenvalue weighted by molar-refractivity contribution is 9.10. The van der Waals surface area contributed by atoms with Crippen molar-refractivity contribution in [3.05, 3.63) is 34.3 Å². The van der Waals surface area contributed by atoms with Crippen molar-refractivity contribution in [1.82, 2.24) is 4.90 Å². The first-order valence-corrected chi connectivity index (χ1v) is 8.01. The van der Waals surface area contributed by atoms with E-state index in [0.717, 1.165) is 34.8 Å². The van der Waals surface area contributed by atoms with Crippen molar-refractivity contribution in [3.8, 4) is 0 Å². The number of halogens is 1. The molecule has 2 rings (SSSR count). The SMILES string of the molecule is CC(C)C1CCN(CCC(O)c2ccc(Br)cc2)C1. The van der Waals surface area contributed by atoms with E-state index in [1.54, 1.807) is 0 Å². The van der Waals surface area contributed by atoms with Crippen LogP contribution in [0.3, 0.4) is 0 Å². The average molecular weight is 326 g/mol. The van der Waals surface area contributed by atoms with Crippen molar-refractivity contribution >= 4 is 15.9 Å². The fourth-order valence-electron chi connectivity index (χ4n) is 2.77. The Kier molecular flexibility index (Phi) is 5.43. The predicted molar refractivity (Wildman–Crippen MR) is 83.1 cm³/mol. The Labute approximate surface area is 124 Å². The monoisotopic (exact) mass is 325 g/mol. The molecule has 0 spiro atoms. The predicted octanol–water partition coefficient (Wildman–Crippen LogP) is 3.85. The van der Waals surface area contributed by atoms with E-state index in [0.29, 0.717) is 0 Å². The Morgan fingerprint density at radius 2 is 2.00 bits per heavy atom. The van der Waals surface area contributed by atoms with Gasteiger partial charge in [-0.1, -0.05) is 41.9 Å². The van der Waals surface area contributed by atoms with Crippen molar-refractivity contribution < 1.29 is 5.11 Å². The van der Waals surface area contributed by atoms with Crippen LogP contribution in [-0.4, -0.2) is 29.6 Å². The summed E-state index contributed by atoms with van der Waals surface area (Å²) in [6, 6.07) is 7.97. The van der Waals surface area contributed by atoms with Gasteiger partial charge in [0.05, 0.1) is 6.10 Å². The summed E-state index contributed by atoms with van der Waals surface area (Å²) in [5, 5.41) is 10.2. The maximum absolute atomic E-state index is 10.2. The normalized spacial score (nSPS) is 22.1. The van der Waals surface area contributed by atoms with E-state index in [-0.39, 0.29) is 6.10 Å². The van der Waals surface area contributed by atoms with Crippen LogP contribution >= 0.6 is 15.9 Å². The first-order chi connectivity index (χ1) is 9.06. The van der Waals surface area contributed by atoms with Gasteiger partial charge in [-0.15, -0.1) is 0 Å². The third kappa shape index (κ3) is 4.30. The van der Waals surface area contributed by atoms with Crippen LogP contribution in [0.5, 0.6) is 0 Å². The van der Waals surface area contributed by atoms with Crippen molar-refractivity contribution in [2.45, 2.75) is 32.8 Å². The summed E-state index contributed by atoms with van der Waals surface area (Å²) in [6.07, 6.45) is 1.80. The maximum Gasteiger partial charge on any atom is 0.0802 e. The van der Waals surface area contributed by atoms with Gasteiger partial charge < -0.3 is 10.0 Å². The number of hydrogen-bond acceptors (Lipinski definition) is 2. The highest BCUT2D eigenvalue weighted by Crippen LogP contribution is 2.25. The third-order valence-corrected chi connectivity index (χ3v) is 4.75. The fourth-order valence-corrected chi connectivity index (χ4v) is 3.03. The Balaban J connectivity index is 1.78. The minimum absolute atomic E-state index is 0.341. The van der Waals surface area contributed by atoms with Gasteiger partial charge in [0.25, 0.3) is 0 Å². The van der Waals surface area contributed by atoms with Gasteiger partial charge >= 0.3 is 0 Å². The lowest BCUT2D eigenvalue weighted by molar-refractivity contribution is 0.147. The lowest BCUT2D eigenvalue weighted by atomic mass is 9.95. The minimum atomic E-state index is -0.341. The molecule has 1 fully saturated rings. The quantitative estimate of drug-likeness (QED) is 0.888. The summed E-state index contributed by atoms with van der Waals surface area (Å²) in [4.78, 5) is 2.49. The minimum Gasteiger partial charge on any atom is -0.388 e. The topological polar surface area (TPSA) is 23.5 Å². The largest absolute Gasteiger partial charge is 0.388 e. The molecule has 0 aromatic heterocycles. The van der Waals surface area contributed by atoms with Gasteiger partial charge in [-0.05, 0) is 48.9 Å². The lowest BCUT2D eigenvalue weighted by Gasteiger charge is -2.19. The number of aliphatic hydroxyl groups excluding tert-OH is 1. The fraction of sp³-hybridized carbons (Fsp3) is 0.625. The smallest absolute Gasteiger partial charge is 0.0802 e. The van der Waals surface area contributed by atoms with Crippen LogP contribution < -0.4 is 0 Å². The molecule has 2 atom stereocenters. The van der Waals surface area contributed by atoms with Gasteiger partial charge in [0.2, 0.25) is 0 Å². The molecule has 1 aromatic carbocycles. The molecule has 0 radical (unpaired) electrons. The zero-order chi connectivity index (χ0) is 13.8. The van der Waals surface area contributed by atoms with Crippen LogP contribution in [0, 0.1) is 11.8 Å². The number of likely N-dealkylation sites (tertiary alicyclic amines) is 1. The van der Waals surface area contributed by atoms with Gasteiger partial charge in [0.15, 0.2) is 0 Å². The van der Waals surface area contributed by atoms with Crippen LogP contribution in [0.4, 0.5) is 0 Å². The van der Waals surface area contributed by atoms with Crippen LogP contribution in [0.15, 0.2) is 28.7 Å². The molecular weight excluding hydrogens is 302 g/mol. The average Bonchev–Trinajstić information content (AvgIpc) is 2.86. The highest BCUT2D eigenvalue weighted by Gasteiger charge is 2.24. The number of aliphatic hydroxyl groups is 1. The summed E-state index contributed by atoms with van der Waals surface area (Å²) >= 11 is 3.42. The standard InChI is InChI=1S/C16H24BrNO/c1-12(2)14-7-9-18(11-14)10-8-16(19)13-3-5-15(17)6-4-13/h3-6,12,14,16,19H,7-11H2,1-2H3. The van der Waals surface area contributed by atoms with Crippen molar-refractivity contribution in [1.29, 1.82) is 0 Å². The first kappa shape index (κ1) is 15.0. The van der Waals surface area contributed by atoms with Gasteiger partial charge in [-0.25, -0.2) is 0 Å². The van der Waals surface area contributed by atoms with E-state index in [2.05, 4.69) is 34.7 Å². The second-order valence-corrected chi connectivity index (χ2v) is 6.87. The van der Waals surface area contributed by atoms with Crippen LogP contribution in [0.2, 0.25) is 0 Å². The molecule has 1 aliphatic rings. The second kappa shape index (κ2) is 6.87. The molecule has 1 saturated heterocycles. The summed E-state index contributed by atoms with van der Waals surface area (Å²) in [5.41, 5.74) is 1.02. The third-order valence-electron chi connectivity index (χ3n) is 4.23. The van der Waals surface area contributed by atoms with Crippen molar-refractivity contribution in [3.63, 3.8) is 0 Å². The molecule has 2 unspecified atom stereocenters. The molecule has 2 nitrogen and oxygen atoms in total. The number of benzene rings is 1. The van der Waals surface area contributed by atoms with Crippen molar-refractivity contribution in [2.24, 2.45) is 11.8 Å². The van der Waals surface area contributed by atoms with E-state index < -0.39 is 0 Å². The molecule has 3 heteroatoms. The van der Waals surface area contributed by atoms with Crippen LogP contribution in [0.1, 0.15) is 38.4 Å². The molecule has 0 saturated carbocycles. The van der Waals surface area contributed by atoms with Gasteiger partial charge in [-0.3, -0.25) is 0 Å². The summed E-state index contributed by atoms with van der Waals surface area (Å²) in [7, 11) is 0. The maximum atomic E-state index is 10.2. The number of nitrogens with zero attached hydrogens (tertiary/aromatic N) is 1.